The van der Waals surface area contributed by atoms with Gasteiger partial charge in [0.05, 0.1) is 32.4 Å². The van der Waals surface area contributed by atoms with Crippen molar-refractivity contribution >= 4 is 16.9 Å². The molecule has 0 amide bonds. The van der Waals surface area contributed by atoms with Crippen molar-refractivity contribution in [2.24, 2.45) is 23.2 Å². The maximum atomic E-state index is 12.8. The summed E-state index contributed by atoms with van der Waals surface area (Å²) in [4.78, 5) is 16.2. The van der Waals surface area contributed by atoms with Gasteiger partial charge in [0.15, 0.2) is 0 Å². The van der Waals surface area contributed by atoms with Gasteiger partial charge in [-0.05, 0) is 67.2 Å². The predicted octanol–water partition coefficient (Wildman–Crippen LogP) is 2.81. The van der Waals surface area contributed by atoms with Crippen molar-refractivity contribution < 1.29 is 24.3 Å². The molecule has 0 bridgehead atoms. The van der Waals surface area contributed by atoms with Gasteiger partial charge in [-0.3, -0.25) is 4.79 Å². The second kappa shape index (κ2) is 7.49. The van der Waals surface area contributed by atoms with Gasteiger partial charge in [-0.2, -0.15) is 0 Å². The number of nitrogens with one attached hydrogen (secondary N) is 1. The summed E-state index contributed by atoms with van der Waals surface area (Å²) in [6.45, 7) is 5.12. The minimum absolute atomic E-state index is 0.0188. The van der Waals surface area contributed by atoms with E-state index in [1.165, 1.54) is 30.2 Å². The molecule has 6 heteroatoms. The van der Waals surface area contributed by atoms with Crippen molar-refractivity contribution in [1.29, 1.82) is 0 Å². The molecule has 1 aromatic heterocycles. The maximum absolute atomic E-state index is 12.8. The van der Waals surface area contributed by atoms with E-state index in [4.69, 9.17) is 14.2 Å². The van der Waals surface area contributed by atoms with Gasteiger partial charge in [0, 0.05) is 29.4 Å². The molecule has 2 aliphatic heterocycles. The van der Waals surface area contributed by atoms with E-state index in [0.29, 0.717) is 11.8 Å². The quantitative estimate of drug-likeness (QED) is 0.412. The molecule has 2 saturated carbocycles. The monoisotopic (exact) mass is 439 g/mol. The number of fused-ring (bicyclic) bond motifs is 4. The second-order valence-electron chi connectivity index (χ2n) is 10.9. The second-order valence-corrected chi connectivity index (χ2v) is 10.9. The van der Waals surface area contributed by atoms with E-state index in [0.717, 1.165) is 50.2 Å². The number of quaternary nitrogens is 1. The number of hydrogen-bond donors (Lipinski definition) is 2. The van der Waals surface area contributed by atoms with E-state index in [-0.39, 0.29) is 29.0 Å². The van der Waals surface area contributed by atoms with Crippen molar-refractivity contribution in [1.82, 2.24) is 4.98 Å². The van der Waals surface area contributed by atoms with Gasteiger partial charge < -0.3 is 24.5 Å². The number of rotatable bonds is 6. The minimum atomic E-state index is 0.0188. The molecule has 6 nitrogen and oxygen atoms in total. The van der Waals surface area contributed by atoms with Gasteiger partial charge >= 0.3 is 5.97 Å². The van der Waals surface area contributed by atoms with E-state index < -0.39 is 0 Å². The highest BCUT2D eigenvalue weighted by atomic mass is 16.6. The van der Waals surface area contributed by atoms with Crippen LogP contribution in [0, 0.1) is 23.2 Å². The van der Waals surface area contributed by atoms with E-state index in [2.05, 4.69) is 35.6 Å². The molecule has 32 heavy (non-hydrogen) atoms. The molecule has 2 saturated heterocycles. The summed E-state index contributed by atoms with van der Waals surface area (Å²) in [5.74, 6) is 1.87. The molecule has 3 heterocycles. The Labute approximate surface area is 189 Å². The number of epoxide rings is 1. The van der Waals surface area contributed by atoms with Crippen LogP contribution in [0.4, 0.5) is 0 Å². The SMILES string of the molecule is COc1ccc2[nH]cc(CC[NH2+]CC3C(=O)OC4CC5(C)CCCC6(CO6)C5CC43)c2c1. The zero-order valence-electron chi connectivity index (χ0n) is 19.2. The highest BCUT2D eigenvalue weighted by molar-refractivity contribution is 5.84. The van der Waals surface area contributed by atoms with Crippen molar-refractivity contribution in [2.45, 2.75) is 57.2 Å². The van der Waals surface area contributed by atoms with Gasteiger partial charge in [0.1, 0.15) is 17.8 Å². The van der Waals surface area contributed by atoms with Crippen LogP contribution in [0.2, 0.25) is 0 Å². The number of aromatic nitrogens is 1. The zero-order chi connectivity index (χ0) is 21.9. The fraction of sp³-hybridized carbons (Fsp3) is 0.654. The highest BCUT2D eigenvalue weighted by Gasteiger charge is 2.65. The third-order valence-electron chi connectivity index (χ3n) is 9.09. The van der Waals surface area contributed by atoms with Crippen LogP contribution in [0.15, 0.2) is 24.4 Å². The van der Waals surface area contributed by atoms with Crippen LogP contribution in [-0.2, 0) is 20.7 Å². The molecular formula is C26H35N2O4+. The molecule has 6 atom stereocenters. The van der Waals surface area contributed by atoms with E-state index in [1.54, 1.807) is 7.11 Å². The van der Waals surface area contributed by atoms with Gasteiger partial charge in [0.25, 0.3) is 0 Å². The summed E-state index contributed by atoms with van der Waals surface area (Å²) in [6, 6.07) is 6.14. The fourth-order valence-electron chi connectivity index (χ4n) is 7.27. The number of aromatic amines is 1. The summed E-state index contributed by atoms with van der Waals surface area (Å²) in [7, 11) is 1.70. The van der Waals surface area contributed by atoms with Crippen LogP contribution in [0.1, 0.15) is 44.6 Å². The van der Waals surface area contributed by atoms with Crippen LogP contribution in [0.3, 0.4) is 0 Å². The number of benzene rings is 1. The highest BCUT2D eigenvalue weighted by Crippen LogP contribution is 2.62. The standard InChI is InChI=1S/C26H34N2O4/c1-25-7-3-8-26(15-31-26)23(25)11-19-20(24(29)32-22(19)12-25)14-27-9-6-16-13-28-21-5-4-17(30-2)10-18(16)21/h4-5,10,13,19-20,22-23,27-28H,3,6-9,11-12,14-15H2,1-2H3/p+1. The van der Waals surface area contributed by atoms with Crippen LogP contribution < -0.4 is 10.1 Å². The molecular weight excluding hydrogens is 404 g/mol. The Hall–Kier alpha value is -2.05. The number of methoxy groups -OCH3 is 1. The number of hydrogen-bond acceptors (Lipinski definition) is 4. The van der Waals surface area contributed by atoms with Gasteiger partial charge in [0.2, 0.25) is 0 Å². The molecule has 4 fully saturated rings. The summed E-state index contributed by atoms with van der Waals surface area (Å²) in [5.41, 5.74) is 2.82. The molecule has 1 aromatic carbocycles. The first-order valence-corrected chi connectivity index (χ1v) is 12.3. The van der Waals surface area contributed by atoms with Gasteiger partial charge in [-0.25, -0.2) is 0 Å². The Bertz CT molecular complexity index is 1030. The number of H-pyrrole nitrogens is 1. The maximum Gasteiger partial charge on any atom is 0.315 e. The average Bonchev–Trinajstić information content (AvgIpc) is 3.33. The Balaban J connectivity index is 1.09. The van der Waals surface area contributed by atoms with Gasteiger partial charge in [-0.1, -0.05) is 6.92 Å². The number of nitrogens with two attached hydrogens (primary N) is 1. The largest absolute Gasteiger partial charge is 0.497 e. The number of esters is 1. The van der Waals surface area contributed by atoms with E-state index in [1.807, 2.05) is 6.07 Å². The van der Waals surface area contributed by atoms with Crippen molar-refractivity contribution in [3.63, 3.8) is 0 Å². The fourth-order valence-corrected chi connectivity index (χ4v) is 7.27. The van der Waals surface area contributed by atoms with E-state index in [9.17, 15) is 4.79 Å². The smallest absolute Gasteiger partial charge is 0.315 e. The molecule has 2 aliphatic carbocycles. The molecule has 2 aromatic rings. The third-order valence-corrected chi connectivity index (χ3v) is 9.09. The summed E-state index contributed by atoms with van der Waals surface area (Å²) in [6.07, 6.45) is 8.97. The molecule has 172 valence electrons. The Morgan fingerprint density at radius 3 is 3.00 bits per heavy atom. The van der Waals surface area contributed by atoms with Crippen molar-refractivity contribution in [3.05, 3.63) is 30.0 Å². The molecule has 0 radical (unpaired) electrons. The van der Waals surface area contributed by atoms with Crippen molar-refractivity contribution in [3.8, 4) is 5.75 Å². The number of carbonyl (C=O) groups excluding carboxylic acids is 1. The Morgan fingerprint density at radius 2 is 2.19 bits per heavy atom. The average molecular weight is 440 g/mol. The lowest BCUT2D eigenvalue weighted by Crippen LogP contribution is -2.86. The van der Waals surface area contributed by atoms with Crippen LogP contribution in [0.5, 0.6) is 5.75 Å². The topological polar surface area (TPSA) is 80.5 Å². The third kappa shape index (κ3) is 3.26. The summed E-state index contributed by atoms with van der Waals surface area (Å²) in [5, 5.41) is 3.53. The van der Waals surface area contributed by atoms with Crippen LogP contribution in [0.25, 0.3) is 10.9 Å². The zero-order valence-corrected chi connectivity index (χ0v) is 19.2. The normalized spacial score (nSPS) is 37.9. The molecule has 1 spiro atoms. The number of carbonyl (C=O) groups is 1. The lowest BCUT2D eigenvalue weighted by molar-refractivity contribution is -0.658. The lowest BCUT2D eigenvalue weighted by atomic mass is 9.53. The van der Waals surface area contributed by atoms with Crippen LogP contribution >= 0.6 is 0 Å². The molecule has 3 N–H and O–H groups in total. The summed E-state index contributed by atoms with van der Waals surface area (Å²) >= 11 is 0. The molecule has 6 rings (SSSR count). The number of ether oxygens (including phenoxy) is 3. The first kappa shape index (κ1) is 20.5. The van der Waals surface area contributed by atoms with E-state index >= 15 is 0 Å². The lowest BCUT2D eigenvalue weighted by Gasteiger charge is -2.51. The minimum Gasteiger partial charge on any atom is -0.497 e. The first-order valence-electron chi connectivity index (χ1n) is 12.3. The Morgan fingerprint density at radius 1 is 1.31 bits per heavy atom. The summed E-state index contributed by atoms with van der Waals surface area (Å²) < 4.78 is 17.4. The molecule has 6 unspecified atom stereocenters. The van der Waals surface area contributed by atoms with Crippen LogP contribution in [-0.4, -0.2) is 49.5 Å². The Kier molecular flexibility index (Phi) is 4.81. The van der Waals surface area contributed by atoms with Gasteiger partial charge in [-0.15, -0.1) is 0 Å². The first-order chi connectivity index (χ1) is 15.5. The predicted molar refractivity (Wildman–Crippen MR) is 120 cm³/mol. The molecule has 4 aliphatic rings. The van der Waals surface area contributed by atoms with Crippen molar-refractivity contribution in [2.75, 3.05) is 26.8 Å².